The van der Waals surface area contributed by atoms with Gasteiger partial charge in [-0.25, -0.2) is 13.8 Å². The van der Waals surface area contributed by atoms with E-state index in [-0.39, 0.29) is 22.9 Å². The molecule has 0 spiro atoms. The van der Waals surface area contributed by atoms with Crippen LogP contribution in [0.1, 0.15) is 50.3 Å². The molecule has 0 saturated heterocycles. The number of H-pyrrole nitrogens is 1. The fraction of sp³-hybridized carbons (Fsp3) is 0.318. The molecule has 1 aromatic heterocycles. The van der Waals surface area contributed by atoms with Crippen molar-refractivity contribution >= 4 is 0 Å². The van der Waals surface area contributed by atoms with E-state index in [1.165, 1.54) is 12.1 Å². The van der Waals surface area contributed by atoms with Gasteiger partial charge in [0, 0.05) is 24.2 Å². The first-order valence-corrected chi connectivity index (χ1v) is 9.45. The van der Waals surface area contributed by atoms with Crippen LogP contribution in [-0.2, 0) is 0 Å². The summed E-state index contributed by atoms with van der Waals surface area (Å²) in [6, 6.07) is 5.49. The lowest BCUT2D eigenvalue weighted by Crippen LogP contribution is -2.36. The first-order valence-electron chi connectivity index (χ1n) is 9.45. The summed E-state index contributed by atoms with van der Waals surface area (Å²) >= 11 is 0. The summed E-state index contributed by atoms with van der Waals surface area (Å²) in [6.45, 7) is 3.78. The highest BCUT2D eigenvalue weighted by molar-refractivity contribution is 5.52. The number of nitrogens with zero attached hydrogens (tertiary/aromatic N) is 2. The van der Waals surface area contributed by atoms with Crippen molar-refractivity contribution in [3.63, 3.8) is 0 Å². The van der Waals surface area contributed by atoms with Gasteiger partial charge in [-0.2, -0.15) is 5.26 Å². The Morgan fingerprint density at radius 2 is 2.07 bits per heavy atom. The molecule has 29 heavy (non-hydrogen) atoms. The van der Waals surface area contributed by atoms with Crippen molar-refractivity contribution < 1.29 is 9.13 Å². The normalized spacial score (nSPS) is 20.8. The van der Waals surface area contributed by atoms with Crippen LogP contribution in [0.2, 0.25) is 0 Å². The molecule has 1 fully saturated rings. The van der Waals surface area contributed by atoms with Gasteiger partial charge in [0.05, 0.1) is 11.3 Å². The number of halogens is 1. The van der Waals surface area contributed by atoms with Crippen LogP contribution < -0.4 is 16.0 Å². The molecule has 1 heterocycles. The van der Waals surface area contributed by atoms with Gasteiger partial charge < -0.3 is 9.72 Å². The van der Waals surface area contributed by atoms with E-state index < -0.39 is 22.7 Å². The SMILES string of the molecule is CC1=CC=CCC1(C)Oc1cc(-n2c(=O)cc(C3CC3)[nH]c2=O)c(F)cc1C#N. The molecule has 1 saturated carbocycles. The molecule has 2 aliphatic rings. The van der Waals surface area contributed by atoms with E-state index in [2.05, 4.69) is 4.98 Å². The molecule has 6 nitrogen and oxygen atoms in total. The highest BCUT2D eigenvalue weighted by Crippen LogP contribution is 2.38. The zero-order chi connectivity index (χ0) is 20.8. The largest absolute Gasteiger partial charge is 0.481 e. The maximum Gasteiger partial charge on any atom is 0.333 e. The number of benzene rings is 1. The Hall–Kier alpha value is -3.40. The van der Waals surface area contributed by atoms with E-state index in [1.54, 1.807) is 0 Å². The Labute approximate surface area is 166 Å². The van der Waals surface area contributed by atoms with Gasteiger partial charge in [-0.1, -0.05) is 18.2 Å². The lowest BCUT2D eigenvalue weighted by molar-refractivity contribution is 0.129. The van der Waals surface area contributed by atoms with Gasteiger partial charge in [-0.3, -0.25) is 4.79 Å². The van der Waals surface area contributed by atoms with Gasteiger partial charge in [0.2, 0.25) is 0 Å². The number of aromatic amines is 1. The quantitative estimate of drug-likeness (QED) is 0.862. The molecule has 2 aliphatic carbocycles. The van der Waals surface area contributed by atoms with Crippen molar-refractivity contribution in [2.45, 2.75) is 44.6 Å². The van der Waals surface area contributed by atoms with Crippen molar-refractivity contribution in [1.29, 1.82) is 5.26 Å². The van der Waals surface area contributed by atoms with Crippen LogP contribution in [0, 0.1) is 17.1 Å². The van der Waals surface area contributed by atoms with Gasteiger partial charge >= 0.3 is 5.69 Å². The number of hydrogen-bond acceptors (Lipinski definition) is 4. The van der Waals surface area contributed by atoms with E-state index in [0.717, 1.165) is 29.0 Å². The summed E-state index contributed by atoms with van der Waals surface area (Å²) in [7, 11) is 0. The predicted octanol–water partition coefficient (Wildman–Crippen LogP) is 3.46. The minimum Gasteiger partial charge on any atom is -0.481 e. The van der Waals surface area contributed by atoms with Crippen LogP contribution in [0.15, 0.2) is 51.6 Å². The molecular weight excluding hydrogens is 373 g/mol. The number of aromatic nitrogens is 2. The molecule has 0 aliphatic heterocycles. The van der Waals surface area contributed by atoms with E-state index in [4.69, 9.17) is 4.74 Å². The number of allylic oxidation sites excluding steroid dienone is 2. The van der Waals surface area contributed by atoms with E-state index >= 15 is 0 Å². The van der Waals surface area contributed by atoms with E-state index in [9.17, 15) is 19.2 Å². The molecule has 1 unspecified atom stereocenters. The number of hydrogen-bond donors (Lipinski definition) is 1. The van der Waals surface area contributed by atoms with Crippen LogP contribution >= 0.6 is 0 Å². The molecule has 7 heteroatoms. The maximum atomic E-state index is 14.7. The Morgan fingerprint density at radius 3 is 2.69 bits per heavy atom. The minimum atomic E-state index is -0.846. The standard InChI is InChI=1S/C22H20FN3O3/c1-13-5-3-4-8-22(13,2)29-19-11-18(16(23)9-15(19)12-24)26-20(27)10-17(14-6-7-14)25-21(26)28/h3-5,9-11,14H,6-8H2,1-2H3,(H,25,28). The molecule has 4 rings (SSSR count). The van der Waals surface area contributed by atoms with E-state index in [1.807, 2.05) is 38.1 Å². The first-order chi connectivity index (χ1) is 13.8. The Balaban J connectivity index is 1.82. The third-order valence-corrected chi connectivity index (χ3v) is 5.54. The number of rotatable bonds is 4. The van der Waals surface area contributed by atoms with Gasteiger partial charge in [0.15, 0.2) is 0 Å². The number of ether oxygens (including phenoxy) is 1. The van der Waals surface area contributed by atoms with Crippen molar-refractivity contribution in [2.24, 2.45) is 0 Å². The second kappa shape index (κ2) is 6.89. The van der Waals surface area contributed by atoms with Crippen molar-refractivity contribution in [2.75, 3.05) is 0 Å². The third-order valence-electron chi connectivity index (χ3n) is 5.54. The molecule has 0 bridgehead atoms. The smallest absolute Gasteiger partial charge is 0.333 e. The zero-order valence-corrected chi connectivity index (χ0v) is 16.2. The fourth-order valence-corrected chi connectivity index (χ4v) is 3.45. The highest BCUT2D eigenvalue weighted by atomic mass is 19.1. The van der Waals surface area contributed by atoms with E-state index in [0.29, 0.717) is 12.1 Å². The topological polar surface area (TPSA) is 87.9 Å². The number of nitriles is 1. The number of nitrogens with one attached hydrogen (secondary N) is 1. The molecular formula is C22H20FN3O3. The van der Waals surface area contributed by atoms with Gasteiger partial charge in [0.25, 0.3) is 5.56 Å². The van der Waals surface area contributed by atoms with Crippen molar-refractivity contribution in [3.8, 4) is 17.5 Å². The maximum absolute atomic E-state index is 14.7. The molecule has 1 aromatic carbocycles. The van der Waals surface area contributed by atoms with Gasteiger partial charge in [0.1, 0.15) is 23.2 Å². The van der Waals surface area contributed by atoms with Crippen LogP contribution in [0.5, 0.6) is 5.75 Å². The lowest BCUT2D eigenvalue weighted by Gasteiger charge is -2.33. The molecule has 2 aromatic rings. The highest BCUT2D eigenvalue weighted by Gasteiger charge is 2.31. The van der Waals surface area contributed by atoms with Gasteiger partial charge in [-0.05, 0) is 44.2 Å². The Morgan fingerprint density at radius 1 is 1.31 bits per heavy atom. The van der Waals surface area contributed by atoms with Crippen LogP contribution in [0.3, 0.4) is 0 Å². The molecule has 1 atom stereocenters. The minimum absolute atomic E-state index is 0.00564. The van der Waals surface area contributed by atoms with Gasteiger partial charge in [-0.15, -0.1) is 0 Å². The summed E-state index contributed by atoms with van der Waals surface area (Å²) in [5.74, 6) is -0.544. The summed E-state index contributed by atoms with van der Waals surface area (Å²) in [4.78, 5) is 27.8. The summed E-state index contributed by atoms with van der Waals surface area (Å²) in [5, 5.41) is 9.44. The van der Waals surface area contributed by atoms with Crippen LogP contribution in [0.25, 0.3) is 5.69 Å². The summed E-state index contributed by atoms with van der Waals surface area (Å²) in [5.41, 5.74) is -0.784. The fourth-order valence-electron chi connectivity index (χ4n) is 3.45. The molecule has 0 amide bonds. The Bertz CT molecular complexity index is 1180. The average Bonchev–Trinajstić information content (AvgIpc) is 3.51. The first kappa shape index (κ1) is 18.9. The Kier molecular flexibility index (Phi) is 4.50. The molecule has 0 radical (unpaired) electrons. The van der Waals surface area contributed by atoms with Crippen LogP contribution in [0.4, 0.5) is 4.39 Å². The monoisotopic (exact) mass is 393 g/mol. The lowest BCUT2D eigenvalue weighted by atomic mass is 9.89. The third kappa shape index (κ3) is 3.42. The zero-order valence-electron chi connectivity index (χ0n) is 16.2. The van der Waals surface area contributed by atoms with Crippen LogP contribution in [-0.4, -0.2) is 15.2 Å². The second-order valence-corrected chi connectivity index (χ2v) is 7.70. The summed E-state index contributed by atoms with van der Waals surface area (Å²) in [6.07, 6.45) is 8.18. The average molecular weight is 393 g/mol. The molecule has 148 valence electrons. The van der Waals surface area contributed by atoms with Crippen molar-refractivity contribution in [3.05, 3.63) is 79.9 Å². The predicted molar refractivity (Wildman–Crippen MR) is 106 cm³/mol. The van der Waals surface area contributed by atoms with Crippen molar-refractivity contribution in [1.82, 2.24) is 9.55 Å². The second-order valence-electron chi connectivity index (χ2n) is 7.70. The molecule has 1 N–H and O–H groups in total. The summed E-state index contributed by atoms with van der Waals surface area (Å²) < 4.78 is 21.6.